The van der Waals surface area contributed by atoms with Crippen molar-refractivity contribution in [1.82, 2.24) is 19.5 Å². The molecule has 0 aliphatic heterocycles. The van der Waals surface area contributed by atoms with E-state index in [9.17, 15) is 0 Å². The standard InChI is InChI=1S/C15H15ClN4/c1-9(2)20-10(3)18-13-5-4-11(8-14(13)20)12-6-7-17-15(16)19-12/h4-9H,1-3H3. The van der Waals surface area contributed by atoms with Gasteiger partial charge in [-0.05, 0) is 50.6 Å². The molecule has 102 valence electrons. The molecule has 0 radical (unpaired) electrons. The Bertz CT molecular complexity index is 777. The lowest BCUT2D eigenvalue weighted by Crippen LogP contribution is -2.02. The lowest BCUT2D eigenvalue weighted by molar-refractivity contribution is 0.600. The van der Waals surface area contributed by atoms with Gasteiger partial charge in [-0.2, -0.15) is 0 Å². The van der Waals surface area contributed by atoms with Crippen LogP contribution in [0.5, 0.6) is 0 Å². The van der Waals surface area contributed by atoms with Crippen LogP contribution in [0.25, 0.3) is 22.3 Å². The summed E-state index contributed by atoms with van der Waals surface area (Å²) < 4.78 is 2.22. The van der Waals surface area contributed by atoms with Crippen LogP contribution in [0.15, 0.2) is 30.5 Å². The molecule has 4 nitrogen and oxygen atoms in total. The minimum atomic E-state index is 0.260. The normalized spacial score (nSPS) is 11.4. The Morgan fingerprint density at radius 3 is 2.65 bits per heavy atom. The van der Waals surface area contributed by atoms with Crippen molar-refractivity contribution in [3.05, 3.63) is 41.6 Å². The van der Waals surface area contributed by atoms with Crippen LogP contribution in [0.4, 0.5) is 0 Å². The van der Waals surface area contributed by atoms with Gasteiger partial charge in [-0.3, -0.25) is 0 Å². The van der Waals surface area contributed by atoms with Crippen molar-refractivity contribution in [2.75, 3.05) is 0 Å². The smallest absolute Gasteiger partial charge is 0.222 e. The van der Waals surface area contributed by atoms with Crippen LogP contribution in [0, 0.1) is 6.92 Å². The summed E-state index contributed by atoms with van der Waals surface area (Å²) >= 11 is 5.86. The van der Waals surface area contributed by atoms with Crippen molar-refractivity contribution in [2.24, 2.45) is 0 Å². The van der Waals surface area contributed by atoms with E-state index in [1.165, 1.54) is 0 Å². The summed E-state index contributed by atoms with van der Waals surface area (Å²) in [5.41, 5.74) is 3.95. The van der Waals surface area contributed by atoms with Gasteiger partial charge in [0.05, 0.1) is 16.7 Å². The van der Waals surface area contributed by atoms with Crippen molar-refractivity contribution >= 4 is 22.6 Å². The minimum Gasteiger partial charge on any atom is -0.326 e. The van der Waals surface area contributed by atoms with E-state index in [1.54, 1.807) is 6.20 Å². The lowest BCUT2D eigenvalue weighted by atomic mass is 10.1. The lowest BCUT2D eigenvalue weighted by Gasteiger charge is -2.11. The Balaban J connectivity index is 2.22. The molecule has 0 aliphatic rings. The third kappa shape index (κ3) is 2.16. The Morgan fingerprint density at radius 2 is 1.95 bits per heavy atom. The first-order valence-corrected chi connectivity index (χ1v) is 6.91. The van der Waals surface area contributed by atoms with Crippen molar-refractivity contribution in [3.8, 4) is 11.3 Å². The fourth-order valence-corrected chi connectivity index (χ4v) is 2.67. The average molecular weight is 287 g/mol. The SMILES string of the molecule is Cc1nc2ccc(-c3ccnc(Cl)n3)cc2n1C(C)C. The number of halogens is 1. The molecule has 0 unspecified atom stereocenters. The third-order valence-electron chi connectivity index (χ3n) is 3.30. The summed E-state index contributed by atoms with van der Waals surface area (Å²) in [5.74, 6) is 1.02. The molecule has 0 amide bonds. The highest BCUT2D eigenvalue weighted by atomic mass is 35.5. The fraction of sp³-hybridized carbons (Fsp3) is 0.267. The highest BCUT2D eigenvalue weighted by Gasteiger charge is 2.11. The van der Waals surface area contributed by atoms with E-state index in [0.717, 1.165) is 28.1 Å². The number of benzene rings is 1. The van der Waals surface area contributed by atoms with E-state index >= 15 is 0 Å². The maximum atomic E-state index is 5.86. The highest BCUT2D eigenvalue weighted by Crippen LogP contribution is 2.26. The summed E-state index contributed by atoms with van der Waals surface area (Å²) in [6.07, 6.45) is 1.67. The topological polar surface area (TPSA) is 43.6 Å². The molecule has 0 atom stereocenters. The van der Waals surface area contributed by atoms with Crippen LogP contribution in [0.1, 0.15) is 25.7 Å². The Kier molecular flexibility index (Phi) is 3.18. The number of aromatic nitrogens is 4. The van der Waals surface area contributed by atoms with E-state index in [1.807, 2.05) is 25.1 Å². The van der Waals surface area contributed by atoms with Gasteiger partial charge in [0.1, 0.15) is 5.82 Å². The van der Waals surface area contributed by atoms with Crippen molar-refractivity contribution < 1.29 is 0 Å². The third-order valence-corrected chi connectivity index (χ3v) is 3.49. The first kappa shape index (κ1) is 13.1. The number of hydrogen-bond acceptors (Lipinski definition) is 3. The molecule has 20 heavy (non-hydrogen) atoms. The van der Waals surface area contributed by atoms with E-state index in [-0.39, 0.29) is 5.28 Å². The summed E-state index contributed by atoms with van der Waals surface area (Å²) in [6.45, 7) is 6.34. The summed E-state index contributed by atoms with van der Waals surface area (Å²) in [4.78, 5) is 12.8. The molecular weight excluding hydrogens is 272 g/mol. The zero-order valence-corrected chi connectivity index (χ0v) is 12.4. The Morgan fingerprint density at radius 1 is 1.15 bits per heavy atom. The average Bonchev–Trinajstić information content (AvgIpc) is 2.73. The van der Waals surface area contributed by atoms with Crippen molar-refractivity contribution in [2.45, 2.75) is 26.8 Å². The number of hydrogen-bond donors (Lipinski definition) is 0. The first-order chi connectivity index (χ1) is 9.56. The molecule has 0 saturated carbocycles. The monoisotopic (exact) mass is 286 g/mol. The molecule has 5 heteroatoms. The second kappa shape index (κ2) is 4.87. The predicted octanol–water partition coefficient (Wildman–Crippen LogP) is 4.04. The van der Waals surface area contributed by atoms with Gasteiger partial charge >= 0.3 is 0 Å². The molecule has 0 N–H and O–H groups in total. The van der Waals surface area contributed by atoms with Gasteiger partial charge in [-0.25, -0.2) is 15.0 Å². The minimum absolute atomic E-state index is 0.260. The molecule has 3 aromatic rings. The van der Waals surface area contributed by atoms with Crippen LogP contribution in [0.2, 0.25) is 5.28 Å². The van der Waals surface area contributed by atoms with Gasteiger partial charge in [-0.1, -0.05) is 6.07 Å². The van der Waals surface area contributed by atoms with Crippen LogP contribution in [-0.2, 0) is 0 Å². The van der Waals surface area contributed by atoms with Crippen LogP contribution < -0.4 is 0 Å². The number of fused-ring (bicyclic) bond motifs is 1. The fourth-order valence-electron chi connectivity index (χ4n) is 2.52. The second-order valence-corrected chi connectivity index (χ2v) is 5.38. The second-order valence-electron chi connectivity index (χ2n) is 5.04. The quantitative estimate of drug-likeness (QED) is 0.668. The van der Waals surface area contributed by atoms with Gasteiger partial charge in [0.15, 0.2) is 0 Å². The van der Waals surface area contributed by atoms with Crippen molar-refractivity contribution in [1.29, 1.82) is 0 Å². The number of imidazole rings is 1. The summed E-state index contributed by atoms with van der Waals surface area (Å²) in [6, 6.07) is 8.36. The first-order valence-electron chi connectivity index (χ1n) is 6.54. The van der Waals surface area contributed by atoms with Gasteiger partial charge in [0, 0.05) is 17.8 Å². The van der Waals surface area contributed by atoms with Crippen LogP contribution in [-0.4, -0.2) is 19.5 Å². The maximum Gasteiger partial charge on any atom is 0.222 e. The van der Waals surface area contributed by atoms with Crippen molar-refractivity contribution in [3.63, 3.8) is 0 Å². The molecule has 0 saturated heterocycles. The summed E-state index contributed by atoms with van der Waals surface area (Å²) in [5, 5.41) is 0.260. The van der Waals surface area contributed by atoms with E-state index in [2.05, 4.69) is 39.4 Å². The van der Waals surface area contributed by atoms with Gasteiger partial charge in [-0.15, -0.1) is 0 Å². The molecular formula is C15H15ClN4. The molecule has 0 aliphatic carbocycles. The number of rotatable bonds is 2. The molecule has 3 rings (SSSR count). The van der Waals surface area contributed by atoms with Gasteiger partial charge < -0.3 is 4.57 Å². The highest BCUT2D eigenvalue weighted by molar-refractivity contribution is 6.28. The predicted molar refractivity (Wildman–Crippen MR) is 80.9 cm³/mol. The van der Waals surface area contributed by atoms with Gasteiger partial charge in [0.2, 0.25) is 5.28 Å². The Labute approximate surface area is 122 Å². The maximum absolute atomic E-state index is 5.86. The van der Waals surface area contributed by atoms with Gasteiger partial charge in [0.25, 0.3) is 0 Å². The largest absolute Gasteiger partial charge is 0.326 e. The molecule has 0 fully saturated rings. The molecule has 2 heterocycles. The zero-order valence-electron chi connectivity index (χ0n) is 11.6. The Hall–Kier alpha value is -1.94. The number of aryl methyl sites for hydroxylation is 1. The van der Waals surface area contributed by atoms with Crippen LogP contribution >= 0.6 is 11.6 Å². The summed E-state index contributed by atoms with van der Waals surface area (Å²) in [7, 11) is 0. The van der Waals surface area contributed by atoms with Crippen LogP contribution in [0.3, 0.4) is 0 Å². The molecule has 0 spiro atoms. The van der Waals surface area contributed by atoms with E-state index < -0.39 is 0 Å². The zero-order chi connectivity index (χ0) is 14.3. The van der Waals surface area contributed by atoms with E-state index in [0.29, 0.717) is 6.04 Å². The van der Waals surface area contributed by atoms with E-state index in [4.69, 9.17) is 11.6 Å². The molecule has 1 aromatic carbocycles. The molecule has 2 aromatic heterocycles. The molecule has 0 bridgehead atoms. The number of nitrogens with zero attached hydrogens (tertiary/aromatic N) is 4.